The zero-order valence-corrected chi connectivity index (χ0v) is 22.4. The Morgan fingerprint density at radius 2 is 1.67 bits per heavy atom. The van der Waals surface area contributed by atoms with Gasteiger partial charge in [0.1, 0.15) is 16.5 Å². The average molecular weight is 565 g/mol. The van der Waals surface area contributed by atoms with Crippen molar-refractivity contribution < 1.29 is 22.7 Å². The van der Waals surface area contributed by atoms with Crippen LogP contribution in [0, 0.1) is 11.3 Å². The van der Waals surface area contributed by atoms with Crippen LogP contribution in [-0.4, -0.2) is 34.2 Å². The molecule has 200 valence electrons. The van der Waals surface area contributed by atoms with Gasteiger partial charge in [-0.05, 0) is 85.5 Å². The Morgan fingerprint density at radius 3 is 2.41 bits per heavy atom. The molecule has 2 heterocycles. The predicted molar refractivity (Wildman–Crippen MR) is 150 cm³/mol. The number of carbonyl (C=O) groups excluding carboxylic acids is 1. The lowest BCUT2D eigenvalue weighted by molar-refractivity contribution is -0.112. The van der Waals surface area contributed by atoms with Crippen LogP contribution in [-0.2, 0) is 14.8 Å². The minimum absolute atomic E-state index is 0.0235. The first-order valence-corrected chi connectivity index (χ1v) is 14.2. The van der Waals surface area contributed by atoms with Crippen LogP contribution in [0.15, 0.2) is 71.1 Å². The molecule has 0 unspecified atom stereocenters. The Bertz CT molecular complexity index is 1580. The van der Waals surface area contributed by atoms with Crippen LogP contribution in [0.2, 0.25) is 5.02 Å². The summed E-state index contributed by atoms with van der Waals surface area (Å²) in [4.78, 5) is 15.1. The van der Waals surface area contributed by atoms with Crippen molar-refractivity contribution in [3.05, 3.63) is 76.8 Å². The molecular formula is C28H25ClN4O5S. The number of rotatable bonds is 7. The molecule has 1 fully saturated rings. The van der Waals surface area contributed by atoms with E-state index in [9.17, 15) is 18.5 Å². The highest BCUT2D eigenvalue weighted by Crippen LogP contribution is 2.34. The van der Waals surface area contributed by atoms with E-state index in [0.717, 1.165) is 32.4 Å². The van der Waals surface area contributed by atoms with Gasteiger partial charge in [-0.1, -0.05) is 17.7 Å². The lowest BCUT2D eigenvalue weighted by Gasteiger charge is -2.30. The van der Waals surface area contributed by atoms with Crippen LogP contribution >= 0.6 is 11.6 Å². The molecule has 5 rings (SSSR count). The van der Waals surface area contributed by atoms with Crippen molar-refractivity contribution in [2.45, 2.75) is 24.2 Å². The minimum Gasteiger partial charge on any atom is -0.454 e. The van der Waals surface area contributed by atoms with Crippen LogP contribution in [0.25, 0.3) is 6.08 Å². The number of hydrogen-bond acceptors (Lipinski definition) is 7. The zero-order valence-electron chi connectivity index (χ0n) is 20.8. The van der Waals surface area contributed by atoms with Crippen LogP contribution in [0.4, 0.5) is 17.1 Å². The highest BCUT2D eigenvalue weighted by atomic mass is 35.5. The molecule has 0 aromatic heterocycles. The van der Waals surface area contributed by atoms with E-state index in [1.807, 2.05) is 11.0 Å². The first kappa shape index (κ1) is 26.4. The van der Waals surface area contributed by atoms with Gasteiger partial charge in [-0.15, -0.1) is 0 Å². The monoisotopic (exact) mass is 564 g/mol. The van der Waals surface area contributed by atoms with E-state index < -0.39 is 15.9 Å². The van der Waals surface area contributed by atoms with Gasteiger partial charge in [-0.2, -0.15) is 5.26 Å². The summed E-state index contributed by atoms with van der Waals surface area (Å²) in [5, 5.41) is 12.8. The Balaban J connectivity index is 1.44. The molecule has 1 saturated heterocycles. The first-order valence-electron chi connectivity index (χ1n) is 12.3. The fourth-order valence-corrected chi connectivity index (χ4v) is 5.88. The summed E-state index contributed by atoms with van der Waals surface area (Å²) in [6, 6.07) is 18.1. The second kappa shape index (κ2) is 11.3. The SMILES string of the molecule is N#C/C(=C/c1ccc2c(c1)OCO2)C(=O)Nc1ccc(N2CCCCC2)c(S(=O)(=O)Nc2ccc(Cl)cc2)c1. The molecule has 0 aliphatic carbocycles. The number of ether oxygens (including phenoxy) is 2. The average Bonchev–Trinajstić information content (AvgIpc) is 3.41. The van der Waals surface area contributed by atoms with Crippen molar-refractivity contribution >= 4 is 50.7 Å². The minimum atomic E-state index is -4.04. The molecule has 0 spiro atoms. The number of carbonyl (C=O) groups is 1. The number of hydrogen-bond donors (Lipinski definition) is 2. The third kappa shape index (κ3) is 6.11. The summed E-state index contributed by atoms with van der Waals surface area (Å²) in [7, 11) is -4.04. The highest BCUT2D eigenvalue weighted by Gasteiger charge is 2.25. The molecule has 2 aliphatic heterocycles. The molecule has 9 nitrogen and oxygen atoms in total. The molecule has 0 bridgehead atoms. The molecule has 0 saturated carbocycles. The van der Waals surface area contributed by atoms with Gasteiger partial charge in [0, 0.05) is 29.5 Å². The zero-order chi connectivity index (χ0) is 27.4. The predicted octanol–water partition coefficient (Wildman–Crippen LogP) is 5.41. The summed E-state index contributed by atoms with van der Waals surface area (Å²) in [6.07, 6.45) is 4.43. The summed E-state index contributed by atoms with van der Waals surface area (Å²) in [5.74, 6) is 0.442. The highest BCUT2D eigenvalue weighted by molar-refractivity contribution is 7.92. The topological polar surface area (TPSA) is 121 Å². The smallest absolute Gasteiger partial charge is 0.266 e. The van der Waals surface area contributed by atoms with E-state index in [4.69, 9.17) is 21.1 Å². The second-order valence-electron chi connectivity index (χ2n) is 9.08. The van der Waals surface area contributed by atoms with Gasteiger partial charge in [0.2, 0.25) is 6.79 Å². The van der Waals surface area contributed by atoms with E-state index in [-0.39, 0.29) is 22.9 Å². The Morgan fingerprint density at radius 1 is 0.949 bits per heavy atom. The molecule has 3 aromatic carbocycles. The number of anilines is 3. The van der Waals surface area contributed by atoms with E-state index in [0.29, 0.717) is 33.5 Å². The number of halogens is 1. The number of piperidine rings is 1. The largest absolute Gasteiger partial charge is 0.454 e. The molecule has 0 radical (unpaired) electrons. The number of fused-ring (bicyclic) bond motifs is 1. The van der Waals surface area contributed by atoms with Gasteiger partial charge >= 0.3 is 0 Å². The summed E-state index contributed by atoms with van der Waals surface area (Å²) >= 11 is 5.95. The molecule has 2 aliphatic rings. The number of nitrogens with zero attached hydrogens (tertiary/aromatic N) is 2. The van der Waals surface area contributed by atoms with Gasteiger partial charge in [0.05, 0.1) is 5.69 Å². The third-order valence-corrected chi connectivity index (χ3v) is 8.04. The Labute approximate surface area is 231 Å². The third-order valence-electron chi connectivity index (χ3n) is 6.37. The Hall–Kier alpha value is -4.20. The maximum Gasteiger partial charge on any atom is 0.266 e. The van der Waals surface area contributed by atoms with Crippen LogP contribution in [0.3, 0.4) is 0 Å². The van der Waals surface area contributed by atoms with Crippen molar-refractivity contribution in [3.8, 4) is 17.6 Å². The molecule has 39 heavy (non-hydrogen) atoms. The van der Waals surface area contributed by atoms with Gasteiger partial charge in [0.25, 0.3) is 15.9 Å². The van der Waals surface area contributed by atoms with Crippen molar-refractivity contribution in [3.63, 3.8) is 0 Å². The maximum absolute atomic E-state index is 13.5. The van der Waals surface area contributed by atoms with E-state index in [2.05, 4.69) is 10.0 Å². The standard InChI is InChI=1S/C28H25ClN4O5S/c29-21-5-7-22(8-6-21)32-39(35,36)27-16-23(9-10-24(27)33-12-2-1-3-13-33)31-28(34)20(17-30)14-19-4-11-25-26(15-19)38-18-37-25/h4-11,14-16,32H,1-3,12-13,18H2,(H,31,34)/b20-14-. The molecule has 0 atom stereocenters. The normalized spacial score (nSPS) is 15.0. The molecule has 2 N–H and O–H groups in total. The lowest BCUT2D eigenvalue weighted by Crippen LogP contribution is -2.31. The van der Waals surface area contributed by atoms with Crippen molar-refractivity contribution in [2.24, 2.45) is 0 Å². The van der Waals surface area contributed by atoms with E-state index in [1.165, 1.54) is 12.1 Å². The van der Waals surface area contributed by atoms with Gasteiger partial charge in [-0.3, -0.25) is 9.52 Å². The van der Waals surface area contributed by atoms with Crippen LogP contribution < -0.4 is 24.4 Å². The number of benzene rings is 3. The van der Waals surface area contributed by atoms with Crippen molar-refractivity contribution in [2.75, 3.05) is 34.8 Å². The van der Waals surface area contributed by atoms with Crippen molar-refractivity contribution in [1.29, 1.82) is 5.26 Å². The lowest BCUT2D eigenvalue weighted by atomic mass is 10.1. The molecule has 11 heteroatoms. The first-order chi connectivity index (χ1) is 18.8. The van der Waals surface area contributed by atoms with Gasteiger partial charge in [0.15, 0.2) is 11.5 Å². The van der Waals surface area contributed by atoms with Crippen LogP contribution in [0.1, 0.15) is 24.8 Å². The van der Waals surface area contributed by atoms with Gasteiger partial charge in [-0.25, -0.2) is 8.42 Å². The number of amides is 1. The number of nitrogens with one attached hydrogen (secondary N) is 2. The molecule has 1 amide bonds. The second-order valence-corrected chi connectivity index (χ2v) is 11.2. The summed E-state index contributed by atoms with van der Waals surface area (Å²) in [5.41, 5.74) is 1.58. The van der Waals surface area contributed by atoms with E-state index >= 15 is 0 Å². The fourth-order valence-electron chi connectivity index (χ4n) is 4.45. The molecular weight excluding hydrogens is 540 g/mol. The quantitative estimate of drug-likeness (QED) is 0.291. The maximum atomic E-state index is 13.5. The summed E-state index contributed by atoms with van der Waals surface area (Å²) < 4.78 is 40.3. The fraction of sp³-hybridized carbons (Fsp3) is 0.214. The van der Waals surface area contributed by atoms with E-state index in [1.54, 1.807) is 54.6 Å². The van der Waals surface area contributed by atoms with Gasteiger partial charge < -0.3 is 19.7 Å². The summed E-state index contributed by atoms with van der Waals surface area (Å²) in [6.45, 7) is 1.57. The van der Waals surface area contributed by atoms with Crippen molar-refractivity contribution in [1.82, 2.24) is 0 Å². The van der Waals surface area contributed by atoms with Crippen LogP contribution in [0.5, 0.6) is 11.5 Å². The molecule has 3 aromatic rings. The number of nitriles is 1. The Kier molecular flexibility index (Phi) is 7.63. The number of sulfonamides is 1.